The summed E-state index contributed by atoms with van der Waals surface area (Å²) in [6.07, 6.45) is 2.06. The van der Waals surface area contributed by atoms with Crippen LogP contribution in [0.3, 0.4) is 0 Å². The van der Waals surface area contributed by atoms with Crippen LogP contribution in [0.4, 0.5) is 0 Å². The number of hydrogen-bond acceptors (Lipinski definition) is 1. The number of nitrogens with zero attached hydrogens (tertiary/aromatic N) is 1. The summed E-state index contributed by atoms with van der Waals surface area (Å²) in [4.78, 5) is 0. The second-order valence-electron chi connectivity index (χ2n) is 4.59. The van der Waals surface area contributed by atoms with Crippen molar-refractivity contribution in [3.05, 3.63) is 70.2 Å². The highest BCUT2D eigenvalue weighted by Gasteiger charge is 2.02. The van der Waals surface area contributed by atoms with Gasteiger partial charge >= 0.3 is 0 Å². The Labute approximate surface area is 134 Å². The second-order valence-corrected chi connectivity index (χ2v) is 5.00. The maximum Gasteiger partial charge on any atom is 0.0995 e. The van der Waals surface area contributed by atoms with Crippen molar-refractivity contribution < 1.29 is 0 Å². The number of rotatable bonds is 1. The third-order valence-corrected chi connectivity index (χ3v) is 2.89. The van der Waals surface area contributed by atoms with Gasteiger partial charge < -0.3 is 0 Å². The summed E-state index contributed by atoms with van der Waals surface area (Å²) in [6, 6.07) is 17.7. The average Bonchev–Trinajstić information content (AvgIpc) is 2.49. The molecule has 0 unspecified atom stereocenters. The lowest BCUT2D eigenvalue weighted by Crippen LogP contribution is -1.87. The molecule has 0 spiro atoms. The molecule has 1 nitrogen and oxygen atoms in total. The molecule has 0 atom stereocenters. The van der Waals surface area contributed by atoms with Crippen LogP contribution < -0.4 is 0 Å². The van der Waals surface area contributed by atoms with Gasteiger partial charge in [-0.05, 0) is 31.0 Å². The molecule has 2 aromatic rings. The van der Waals surface area contributed by atoms with Crippen molar-refractivity contribution in [1.29, 1.82) is 5.26 Å². The molecule has 21 heavy (non-hydrogen) atoms. The van der Waals surface area contributed by atoms with Gasteiger partial charge in [0.15, 0.2) is 0 Å². The summed E-state index contributed by atoms with van der Waals surface area (Å²) in [7, 11) is 0. The number of halogens is 1. The topological polar surface area (TPSA) is 23.8 Å². The summed E-state index contributed by atoms with van der Waals surface area (Å²) in [6.45, 7) is 8.32. The van der Waals surface area contributed by atoms with Gasteiger partial charge in [0, 0.05) is 5.02 Å². The van der Waals surface area contributed by atoms with E-state index in [1.54, 1.807) is 18.2 Å². The van der Waals surface area contributed by atoms with Crippen molar-refractivity contribution in [3.63, 3.8) is 0 Å². The lowest BCUT2D eigenvalue weighted by atomic mass is 10.1. The predicted octanol–water partition coefficient (Wildman–Crippen LogP) is 6.19. The summed E-state index contributed by atoms with van der Waals surface area (Å²) in [5.41, 5.74) is 2.94. The Hall–Kier alpha value is -1.78. The Morgan fingerprint density at radius 1 is 0.952 bits per heavy atom. The number of aryl methyl sites for hydroxylation is 1. The summed E-state index contributed by atoms with van der Waals surface area (Å²) in [5.74, 6) is 0. The summed E-state index contributed by atoms with van der Waals surface area (Å²) in [5, 5.41) is 9.35. The van der Waals surface area contributed by atoms with Crippen LogP contribution in [-0.4, -0.2) is 0 Å². The van der Waals surface area contributed by atoms with Gasteiger partial charge in [0.05, 0.1) is 11.6 Å². The van der Waals surface area contributed by atoms with E-state index in [-0.39, 0.29) is 0 Å². The van der Waals surface area contributed by atoms with Crippen LogP contribution in [-0.2, 0) is 6.42 Å². The summed E-state index contributed by atoms with van der Waals surface area (Å²) >= 11 is 5.86. The van der Waals surface area contributed by atoms with Gasteiger partial charge in [-0.3, -0.25) is 0 Å². The van der Waals surface area contributed by atoms with Crippen LogP contribution in [0.2, 0.25) is 5.02 Å². The van der Waals surface area contributed by atoms with Crippen LogP contribution in [0.15, 0.2) is 48.5 Å². The Kier molecular flexibility index (Phi) is 11.0. The summed E-state index contributed by atoms with van der Waals surface area (Å²) < 4.78 is 0. The van der Waals surface area contributed by atoms with E-state index in [0.29, 0.717) is 10.6 Å². The molecule has 0 N–H and O–H groups in total. The fraction of sp³-hybridized carbons (Fsp3) is 0.316. The van der Waals surface area contributed by atoms with Crippen molar-refractivity contribution in [3.8, 4) is 6.07 Å². The monoisotopic (exact) mass is 301 g/mol. The minimum atomic E-state index is 0.681. The smallest absolute Gasteiger partial charge is 0.0995 e. The largest absolute Gasteiger partial charge is 0.192 e. The van der Waals surface area contributed by atoms with Crippen molar-refractivity contribution in [2.75, 3.05) is 0 Å². The molecule has 2 rings (SSSR count). The first-order valence-corrected chi connectivity index (χ1v) is 7.67. The first-order chi connectivity index (χ1) is 10.1. The quantitative estimate of drug-likeness (QED) is 0.616. The van der Waals surface area contributed by atoms with Gasteiger partial charge in [0.2, 0.25) is 0 Å². The van der Waals surface area contributed by atoms with Crippen LogP contribution in [0, 0.1) is 18.3 Å². The number of hydrogen-bond donors (Lipinski definition) is 0. The standard InChI is InChI=1S/C9H8ClN.C7H8.C3H8/c1-2-8-7(6-11)4-3-5-9(8)10;1-7-5-3-2-4-6-7;1-3-2/h3-5H,2H2,1H3;2-6H,1H3;3H2,1-2H3. The lowest BCUT2D eigenvalue weighted by molar-refractivity contribution is 1.09. The first kappa shape index (κ1) is 19.2. The maximum atomic E-state index is 8.67. The highest BCUT2D eigenvalue weighted by atomic mass is 35.5. The predicted molar refractivity (Wildman–Crippen MR) is 92.7 cm³/mol. The Morgan fingerprint density at radius 2 is 1.52 bits per heavy atom. The fourth-order valence-corrected chi connectivity index (χ4v) is 1.87. The third kappa shape index (κ3) is 8.17. The minimum absolute atomic E-state index is 0.681. The first-order valence-electron chi connectivity index (χ1n) is 7.29. The molecule has 0 fully saturated rings. The van der Waals surface area contributed by atoms with Crippen molar-refractivity contribution in [2.45, 2.75) is 40.5 Å². The normalized spacial score (nSPS) is 8.57. The van der Waals surface area contributed by atoms with E-state index in [0.717, 1.165) is 12.0 Å². The fourth-order valence-electron chi connectivity index (χ4n) is 1.56. The molecule has 0 aliphatic carbocycles. The molecule has 0 saturated heterocycles. The highest BCUT2D eigenvalue weighted by molar-refractivity contribution is 6.31. The van der Waals surface area contributed by atoms with Gasteiger partial charge in [0.1, 0.15) is 0 Å². The van der Waals surface area contributed by atoms with Crippen LogP contribution in [0.25, 0.3) is 0 Å². The highest BCUT2D eigenvalue weighted by Crippen LogP contribution is 2.19. The maximum absolute atomic E-state index is 8.67. The molecule has 0 aliphatic heterocycles. The minimum Gasteiger partial charge on any atom is -0.192 e. The Bertz CT molecular complexity index is 541. The molecule has 0 radical (unpaired) electrons. The molecule has 0 aromatic heterocycles. The van der Waals surface area contributed by atoms with Gasteiger partial charge in [-0.2, -0.15) is 5.26 Å². The van der Waals surface area contributed by atoms with Crippen LogP contribution in [0.1, 0.15) is 43.9 Å². The molecule has 0 aliphatic rings. The molecule has 0 heterocycles. The van der Waals surface area contributed by atoms with E-state index >= 15 is 0 Å². The van der Waals surface area contributed by atoms with E-state index < -0.39 is 0 Å². The molecule has 2 heteroatoms. The van der Waals surface area contributed by atoms with Crippen LogP contribution >= 0.6 is 11.6 Å². The molecule has 0 bridgehead atoms. The van der Waals surface area contributed by atoms with E-state index in [1.807, 2.05) is 25.1 Å². The number of benzene rings is 2. The Balaban J connectivity index is 0.000000342. The van der Waals surface area contributed by atoms with E-state index in [1.165, 1.54) is 12.0 Å². The van der Waals surface area contributed by atoms with Crippen molar-refractivity contribution in [2.24, 2.45) is 0 Å². The van der Waals surface area contributed by atoms with E-state index in [4.69, 9.17) is 16.9 Å². The van der Waals surface area contributed by atoms with Gasteiger partial charge in [-0.25, -0.2) is 0 Å². The van der Waals surface area contributed by atoms with Crippen molar-refractivity contribution in [1.82, 2.24) is 0 Å². The second kappa shape index (κ2) is 12.0. The zero-order valence-electron chi connectivity index (χ0n) is 13.4. The van der Waals surface area contributed by atoms with E-state index in [2.05, 4.69) is 39.0 Å². The molecular formula is C19H24ClN. The van der Waals surface area contributed by atoms with Crippen LogP contribution in [0.5, 0.6) is 0 Å². The average molecular weight is 302 g/mol. The molecular weight excluding hydrogens is 278 g/mol. The van der Waals surface area contributed by atoms with Crippen molar-refractivity contribution >= 4 is 11.6 Å². The molecule has 112 valence electrons. The lowest BCUT2D eigenvalue weighted by Gasteiger charge is -2.01. The zero-order chi connectivity index (χ0) is 16.1. The molecule has 0 saturated carbocycles. The van der Waals surface area contributed by atoms with Gasteiger partial charge in [0.25, 0.3) is 0 Å². The van der Waals surface area contributed by atoms with E-state index in [9.17, 15) is 0 Å². The van der Waals surface area contributed by atoms with Gasteiger partial charge in [-0.15, -0.1) is 0 Å². The Morgan fingerprint density at radius 3 is 1.86 bits per heavy atom. The molecule has 0 amide bonds. The van der Waals surface area contributed by atoms with Gasteiger partial charge in [-0.1, -0.05) is 80.8 Å². The molecule has 2 aromatic carbocycles. The number of nitriles is 1. The SMILES string of the molecule is CCC.CCc1c(Cl)cccc1C#N.Cc1ccccc1. The zero-order valence-corrected chi connectivity index (χ0v) is 14.1. The third-order valence-electron chi connectivity index (χ3n) is 2.53.